The number of hydrogen-bond donors (Lipinski definition) is 1. The molecular formula is C14H20N2O4. The van der Waals surface area contributed by atoms with Gasteiger partial charge in [-0.3, -0.25) is 10.1 Å². The summed E-state index contributed by atoms with van der Waals surface area (Å²) in [6, 6.07) is 4.67. The van der Waals surface area contributed by atoms with Gasteiger partial charge in [-0.1, -0.05) is 0 Å². The van der Waals surface area contributed by atoms with E-state index in [9.17, 15) is 10.1 Å². The zero-order chi connectivity index (χ0) is 14.5. The summed E-state index contributed by atoms with van der Waals surface area (Å²) >= 11 is 0. The second-order valence-electron chi connectivity index (χ2n) is 4.95. The van der Waals surface area contributed by atoms with Gasteiger partial charge in [0.05, 0.1) is 17.6 Å². The van der Waals surface area contributed by atoms with Crippen molar-refractivity contribution in [2.75, 3.05) is 20.2 Å². The molecule has 0 saturated heterocycles. The lowest BCUT2D eigenvalue weighted by atomic mass is 9.82. The van der Waals surface area contributed by atoms with Crippen molar-refractivity contribution >= 4 is 5.69 Å². The van der Waals surface area contributed by atoms with E-state index in [0.717, 1.165) is 19.4 Å². The summed E-state index contributed by atoms with van der Waals surface area (Å²) in [6.45, 7) is 3.19. The van der Waals surface area contributed by atoms with Crippen LogP contribution < -0.4 is 14.8 Å². The van der Waals surface area contributed by atoms with E-state index >= 15 is 0 Å². The maximum atomic E-state index is 10.9. The molecule has 0 atom stereocenters. The van der Waals surface area contributed by atoms with Gasteiger partial charge in [-0.15, -0.1) is 0 Å². The number of hydrogen-bond acceptors (Lipinski definition) is 5. The van der Waals surface area contributed by atoms with Crippen LogP contribution in [-0.4, -0.2) is 31.2 Å². The molecule has 110 valence electrons. The molecule has 0 radical (unpaired) electrons. The highest BCUT2D eigenvalue weighted by Crippen LogP contribution is 2.35. The second-order valence-corrected chi connectivity index (χ2v) is 4.95. The van der Waals surface area contributed by atoms with Gasteiger partial charge in [0, 0.05) is 12.1 Å². The predicted molar refractivity (Wildman–Crippen MR) is 75.3 cm³/mol. The summed E-state index contributed by atoms with van der Waals surface area (Å²) in [6.07, 6.45) is 2.23. The largest absolute Gasteiger partial charge is 0.490 e. The standard InChI is InChI=1S/C14H20N2O4/c1-3-19-14-8-11(4-5-13(14)16(17)18)20-12-6-10(7-12)9-15-2/h4-5,8,10,12,15H,3,6-7,9H2,1-2H3. The van der Waals surface area contributed by atoms with E-state index in [2.05, 4.69) is 5.32 Å². The quantitative estimate of drug-likeness (QED) is 0.613. The lowest BCUT2D eigenvalue weighted by Crippen LogP contribution is -2.38. The molecule has 20 heavy (non-hydrogen) atoms. The van der Waals surface area contributed by atoms with Crippen LogP contribution in [0.3, 0.4) is 0 Å². The van der Waals surface area contributed by atoms with Crippen LogP contribution in [0.25, 0.3) is 0 Å². The highest BCUT2D eigenvalue weighted by atomic mass is 16.6. The average molecular weight is 280 g/mol. The molecule has 0 aliphatic heterocycles. The van der Waals surface area contributed by atoms with Crippen molar-refractivity contribution in [1.82, 2.24) is 5.32 Å². The maximum Gasteiger partial charge on any atom is 0.311 e. The van der Waals surface area contributed by atoms with Gasteiger partial charge in [0.2, 0.25) is 5.75 Å². The first-order chi connectivity index (χ1) is 9.63. The zero-order valence-electron chi connectivity index (χ0n) is 11.8. The van der Waals surface area contributed by atoms with E-state index in [1.807, 2.05) is 7.05 Å². The Hall–Kier alpha value is -1.82. The van der Waals surface area contributed by atoms with Crippen molar-refractivity contribution < 1.29 is 14.4 Å². The summed E-state index contributed by atoms with van der Waals surface area (Å²) in [7, 11) is 1.94. The molecule has 1 N–H and O–H groups in total. The Bertz CT molecular complexity index is 472. The topological polar surface area (TPSA) is 73.6 Å². The Morgan fingerprint density at radius 3 is 2.80 bits per heavy atom. The van der Waals surface area contributed by atoms with Gasteiger partial charge in [-0.05, 0) is 45.3 Å². The Labute approximate surface area is 118 Å². The minimum Gasteiger partial charge on any atom is -0.490 e. The molecule has 0 bridgehead atoms. The molecular weight excluding hydrogens is 260 g/mol. The fraction of sp³-hybridized carbons (Fsp3) is 0.571. The van der Waals surface area contributed by atoms with E-state index in [1.165, 1.54) is 6.07 Å². The van der Waals surface area contributed by atoms with Gasteiger partial charge >= 0.3 is 5.69 Å². The summed E-state index contributed by atoms with van der Waals surface area (Å²) in [5, 5.41) is 14.0. The molecule has 1 aliphatic rings. The lowest BCUT2D eigenvalue weighted by Gasteiger charge is -2.35. The number of nitrogens with zero attached hydrogens (tertiary/aromatic N) is 1. The molecule has 2 rings (SSSR count). The third kappa shape index (κ3) is 3.39. The highest BCUT2D eigenvalue weighted by Gasteiger charge is 2.30. The zero-order valence-corrected chi connectivity index (χ0v) is 11.8. The van der Waals surface area contributed by atoms with Crippen LogP contribution >= 0.6 is 0 Å². The van der Waals surface area contributed by atoms with E-state index in [0.29, 0.717) is 18.3 Å². The summed E-state index contributed by atoms with van der Waals surface area (Å²) in [5.41, 5.74) is -0.0270. The van der Waals surface area contributed by atoms with Crippen LogP contribution in [0, 0.1) is 16.0 Å². The van der Waals surface area contributed by atoms with Crippen LogP contribution in [0.1, 0.15) is 19.8 Å². The van der Waals surface area contributed by atoms with Crippen molar-refractivity contribution in [1.29, 1.82) is 0 Å². The van der Waals surface area contributed by atoms with Gasteiger partial charge in [0.1, 0.15) is 5.75 Å². The SMILES string of the molecule is CCOc1cc(OC2CC(CNC)C2)ccc1[N+](=O)[O-]. The molecule has 0 heterocycles. The van der Waals surface area contributed by atoms with Crippen molar-refractivity contribution in [3.63, 3.8) is 0 Å². The number of nitrogens with one attached hydrogen (secondary N) is 1. The molecule has 0 spiro atoms. The molecule has 0 unspecified atom stereocenters. The lowest BCUT2D eigenvalue weighted by molar-refractivity contribution is -0.385. The number of benzene rings is 1. The minimum absolute atomic E-state index is 0.0270. The Kier molecular flexibility index (Phi) is 4.79. The van der Waals surface area contributed by atoms with Crippen LogP contribution in [0.2, 0.25) is 0 Å². The minimum atomic E-state index is -0.443. The summed E-state index contributed by atoms with van der Waals surface area (Å²) in [4.78, 5) is 10.4. The third-order valence-corrected chi connectivity index (χ3v) is 3.42. The summed E-state index contributed by atoms with van der Waals surface area (Å²) in [5.74, 6) is 1.56. The monoisotopic (exact) mass is 280 g/mol. The van der Waals surface area contributed by atoms with Gasteiger partial charge in [0.25, 0.3) is 0 Å². The first-order valence-electron chi connectivity index (χ1n) is 6.86. The van der Waals surface area contributed by atoms with Gasteiger partial charge < -0.3 is 14.8 Å². The molecule has 0 aromatic heterocycles. The van der Waals surface area contributed by atoms with Crippen LogP contribution in [0.15, 0.2) is 18.2 Å². The maximum absolute atomic E-state index is 10.9. The molecule has 1 fully saturated rings. The third-order valence-electron chi connectivity index (χ3n) is 3.42. The van der Waals surface area contributed by atoms with E-state index in [-0.39, 0.29) is 17.5 Å². The smallest absolute Gasteiger partial charge is 0.311 e. The van der Waals surface area contributed by atoms with Crippen LogP contribution in [-0.2, 0) is 0 Å². The Morgan fingerprint density at radius 1 is 1.45 bits per heavy atom. The molecule has 1 aromatic carbocycles. The molecule has 0 amide bonds. The first kappa shape index (κ1) is 14.6. The normalized spacial score (nSPS) is 21.1. The number of ether oxygens (including phenoxy) is 2. The number of rotatable bonds is 7. The van der Waals surface area contributed by atoms with Gasteiger partial charge in [0.15, 0.2) is 0 Å². The number of nitro benzene ring substituents is 1. The van der Waals surface area contributed by atoms with E-state index in [1.54, 1.807) is 19.1 Å². The summed E-state index contributed by atoms with van der Waals surface area (Å²) < 4.78 is 11.1. The van der Waals surface area contributed by atoms with Gasteiger partial charge in [-0.2, -0.15) is 0 Å². The fourth-order valence-electron chi connectivity index (χ4n) is 2.41. The van der Waals surface area contributed by atoms with Crippen LogP contribution in [0.5, 0.6) is 11.5 Å². The second kappa shape index (κ2) is 6.56. The molecule has 1 saturated carbocycles. The average Bonchev–Trinajstić information content (AvgIpc) is 2.36. The highest BCUT2D eigenvalue weighted by molar-refractivity contribution is 5.50. The van der Waals surface area contributed by atoms with Gasteiger partial charge in [-0.25, -0.2) is 0 Å². The van der Waals surface area contributed by atoms with Crippen molar-refractivity contribution in [3.05, 3.63) is 28.3 Å². The van der Waals surface area contributed by atoms with Crippen molar-refractivity contribution in [3.8, 4) is 11.5 Å². The molecule has 1 aromatic rings. The fourth-order valence-corrected chi connectivity index (χ4v) is 2.41. The van der Waals surface area contributed by atoms with Crippen molar-refractivity contribution in [2.24, 2.45) is 5.92 Å². The van der Waals surface area contributed by atoms with Crippen molar-refractivity contribution in [2.45, 2.75) is 25.9 Å². The Morgan fingerprint density at radius 2 is 2.20 bits per heavy atom. The molecule has 6 nitrogen and oxygen atoms in total. The van der Waals surface area contributed by atoms with E-state index < -0.39 is 4.92 Å². The van der Waals surface area contributed by atoms with Crippen LogP contribution in [0.4, 0.5) is 5.69 Å². The Balaban J connectivity index is 1.99. The first-order valence-corrected chi connectivity index (χ1v) is 6.86. The molecule has 6 heteroatoms. The number of nitro groups is 1. The molecule has 1 aliphatic carbocycles. The predicted octanol–water partition coefficient (Wildman–Crippen LogP) is 2.37. The van der Waals surface area contributed by atoms with E-state index in [4.69, 9.17) is 9.47 Å².